The molecule has 0 aliphatic rings. The topological polar surface area (TPSA) is 86.8 Å². The number of aliphatic hydroxyl groups excluding tert-OH is 1. The molecule has 112 valence electrons. The number of likely N-dealkylation sites (N-methyl/N-ethyl adjacent to an activating group) is 1. The molecule has 4 N–H and O–H groups in total. The van der Waals surface area contributed by atoms with Crippen molar-refractivity contribution in [2.24, 2.45) is 5.73 Å². The molecule has 1 aromatic carbocycles. The highest BCUT2D eigenvalue weighted by molar-refractivity contribution is 5.81. The van der Waals surface area contributed by atoms with Crippen LogP contribution in [-0.2, 0) is 11.2 Å². The van der Waals surface area contributed by atoms with Gasteiger partial charge in [-0.15, -0.1) is 0 Å². The zero-order chi connectivity index (χ0) is 15.0. The molecular formula is C15H24N2O3. The molecule has 1 amide bonds. The number of phenolic OH excluding ortho intramolecular Hbond substituents is 1. The molecule has 5 nitrogen and oxygen atoms in total. The number of nitrogens with zero attached hydrogens (tertiary/aromatic N) is 1. The highest BCUT2D eigenvalue weighted by atomic mass is 16.3. The van der Waals surface area contributed by atoms with E-state index in [1.54, 1.807) is 36.2 Å². The number of aromatic hydroxyl groups is 1. The van der Waals surface area contributed by atoms with Crippen LogP contribution in [0.25, 0.3) is 0 Å². The van der Waals surface area contributed by atoms with Crippen molar-refractivity contribution in [1.82, 2.24) is 4.90 Å². The van der Waals surface area contributed by atoms with Crippen molar-refractivity contribution in [3.8, 4) is 5.75 Å². The molecule has 0 radical (unpaired) electrons. The lowest BCUT2D eigenvalue weighted by Gasteiger charge is -2.21. The van der Waals surface area contributed by atoms with E-state index < -0.39 is 6.04 Å². The van der Waals surface area contributed by atoms with Crippen molar-refractivity contribution in [3.05, 3.63) is 29.8 Å². The first kappa shape index (κ1) is 16.5. The largest absolute Gasteiger partial charge is 0.508 e. The molecular weight excluding hydrogens is 256 g/mol. The van der Waals surface area contributed by atoms with Crippen molar-refractivity contribution in [2.75, 3.05) is 20.2 Å². The third-order valence-electron chi connectivity index (χ3n) is 3.24. The van der Waals surface area contributed by atoms with Gasteiger partial charge < -0.3 is 20.8 Å². The van der Waals surface area contributed by atoms with Gasteiger partial charge in [-0.3, -0.25) is 4.79 Å². The standard InChI is InChI=1S/C15H24N2O3/c1-17(9-3-2-4-10-18)15(20)14(16)11-12-5-7-13(19)8-6-12/h5-8,14,18-19H,2-4,9-11,16H2,1H3/t14-/m0/s1. The second-order valence-corrected chi connectivity index (χ2v) is 5.02. The van der Waals surface area contributed by atoms with Crippen LogP contribution in [0.15, 0.2) is 24.3 Å². The van der Waals surface area contributed by atoms with Gasteiger partial charge in [0.05, 0.1) is 6.04 Å². The lowest BCUT2D eigenvalue weighted by molar-refractivity contribution is -0.131. The second kappa shape index (κ2) is 8.55. The number of benzene rings is 1. The number of nitrogens with two attached hydrogens (primary N) is 1. The quantitative estimate of drug-likeness (QED) is 0.617. The Labute approximate surface area is 120 Å². The molecule has 0 spiro atoms. The Morgan fingerprint density at radius 1 is 1.25 bits per heavy atom. The third-order valence-corrected chi connectivity index (χ3v) is 3.24. The highest BCUT2D eigenvalue weighted by Gasteiger charge is 2.18. The Balaban J connectivity index is 2.39. The molecule has 20 heavy (non-hydrogen) atoms. The Kier molecular flexibility index (Phi) is 7.04. The summed E-state index contributed by atoms with van der Waals surface area (Å²) in [6.45, 7) is 0.847. The summed E-state index contributed by atoms with van der Waals surface area (Å²) < 4.78 is 0. The monoisotopic (exact) mass is 280 g/mol. The van der Waals surface area contributed by atoms with E-state index in [1.807, 2.05) is 0 Å². The average molecular weight is 280 g/mol. The van der Waals surface area contributed by atoms with Crippen LogP contribution in [0.3, 0.4) is 0 Å². The van der Waals surface area contributed by atoms with Crippen molar-refractivity contribution in [1.29, 1.82) is 0 Å². The fourth-order valence-electron chi connectivity index (χ4n) is 2.00. The van der Waals surface area contributed by atoms with Crippen LogP contribution in [-0.4, -0.2) is 47.3 Å². The van der Waals surface area contributed by atoms with Gasteiger partial charge in [-0.2, -0.15) is 0 Å². The van der Waals surface area contributed by atoms with Gasteiger partial charge in [0.2, 0.25) is 5.91 Å². The molecule has 0 saturated heterocycles. The van der Waals surface area contributed by atoms with E-state index in [0.29, 0.717) is 13.0 Å². The van der Waals surface area contributed by atoms with Crippen LogP contribution in [0, 0.1) is 0 Å². The van der Waals surface area contributed by atoms with Gasteiger partial charge in [-0.25, -0.2) is 0 Å². The summed E-state index contributed by atoms with van der Waals surface area (Å²) in [5.74, 6) is 0.122. The summed E-state index contributed by atoms with van der Waals surface area (Å²) in [4.78, 5) is 13.7. The minimum absolute atomic E-state index is 0.0814. The molecule has 1 atom stereocenters. The van der Waals surface area contributed by atoms with Crippen LogP contribution < -0.4 is 5.73 Å². The maximum Gasteiger partial charge on any atom is 0.239 e. The lowest BCUT2D eigenvalue weighted by Crippen LogP contribution is -2.43. The van der Waals surface area contributed by atoms with Crippen LogP contribution in [0.1, 0.15) is 24.8 Å². The molecule has 1 aromatic rings. The fourth-order valence-corrected chi connectivity index (χ4v) is 2.00. The Bertz CT molecular complexity index is 406. The minimum atomic E-state index is -0.567. The summed E-state index contributed by atoms with van der Waals surface area (Å²) in [5.41, 5.74) is 6.85. The number of hydrogen-bond donors (Lipinski definition) is 3. The number of phenols is 1. The predicted octanol–water partition coefficient (Wildman–Crippen LogP) is 0.883. The van der Waals surface area contributed by atoms with Crippen LogP contribution in [0.2, 0.25) is 0 Å². The number of aliphatic hydroxyl groups is 1. The van der Waals surface area contributed by atoms with Gasteiger partial charge in [-0.05, 0) is 43.4 Å². The maximum absolute atomic E-state index is 12.1. The SMILES string of the molecule is CN(CCCCCO)C(=O)[C@@H](N)Cc1ccc(O)cc1. The minimum Gasteiger partial charge on any atom is -0.508 e. The molecule has 0 aromatic heterocycles. The molecule has 0 aliphatic heterocycles. The van der Waals surface area contributed by atoms with E-state index in [9.17, 15) is 9.90 Å². The van der Waals surface area contributed by atoms with Gasteiger partial charge >= 0.3 is 0 Å². The molecule has 0 heterocycles. The second-order valence-electron chi connectivity index (χ2n) is 5.02. The van der Waals surface area contributed by atoms with E-state index in [-0.39, 0.29) is 18.3 Å². The predicted molar refractivity (Wildman–Crippen MR) is 78.4 cm³/mol. The number of hydrogen-bond acceptors (Lipinski definition) is 4. The molecule has 1 rings (SSSR count). The van der Waals surface area contributed by atoms with Gasteiger partial charge in [0.15, 0.2) is 0 Å². The normalized spacial score (nSPS) is 12.2. The van der Waals surface area contributed by atoms with Gasteiger partial charge in [0.1, 0.15) is 5.75 Å². The highest BCUT2D eigenvalue weighted by Crippen LogP contribution is 2.11. The summed E-state index contributed by atoms with van der Waals surface area (Å²) in [6, 6.07) is 6.14. The van der Waals surface area contributed by atoms with Crippen molar-refractivity contribution in [3.63, 3.8) is 0 Å². The zero-order valence-electron chi connectivity index (χ0n) is 12.0. The van der Waals surface area contributed by atoms with Crippen LogP contribution in [0.5, 0.6) is 5.75 Å². The summed E-state index contributed by atoms with van der Waals surface area (Å²) in [5, 5.41) is 17.9. The molecule has 5 heteroatoms. The Hall–Kier alpha value is -1.59. The molecule has 0 fully saturated rings. The zero-order valence-corrected chi connectivity index (χ0v) is 12.0. The van der Waals surface area contributed by atoms with Gasteiger partial charge in [0.25, 0.3) is 0 Å². The number of rotatable bonds is 8. The number of amides is 1. The molecule has 0 unspecified atom stereocenters. The fraction of sp³-hybridized carbons (Fsp3) is 0.533. The van der Waals surface area contributed by atoms with E-state index in [2.05, 4.69) is 0 Å². The van der Waals surface area contributed by atoms with Crippen molar-refractivity contribution < 1.29 is 15.0 Å². The first-order valence-corrected chi connectivity index (χ1v) is 6.94. The maximum atomic E-state index is 12.1. The Morgan fingerprint density at radius 3 is 2.50 bits per heavy atom. The Morgan fingerprint density at radius 2 is 1.90 bits per heavy atom. The summed E-state index contributed by atoms with van der Waals surface area (Å²) in [7, 11) is 1.75. The molecule has 0 saturated carbocycles. The van der Waals surface area contributed by atoms with Crippen LogP contribution in [0.4, 0.5) is 0 Å². The van der Waals surface area contributed by atoms with E-state index in [4.69, 9.17) is 10.8 Å². The summed E-state index contributed by atoms with van der Waals surface area (Å²) in [6.07, 6.45) is 3.00. The molecule has 0 bridgehead atoms. The van der Waals surface area contributed by atoms with Crippen molar-refractivity contribution >= 4 is 5.91 Å². The van der Waals surface area contributed by atoms with E-state index in [1.165, 1.54) is 0 Å². The lowest BCUT2D eigenvalue weighted by atomic mass is 10.1. The first-order chi connectivity index (χ1) is 9.54. The smallest absolute Gasteiger partial charge is 0.239 e. The van der Waals surface area contributed by atoms with Gasteiger partial charge in [-0.1, -0.05) is 12.1 Å². The van der Waals surface area contributed by atoms with Crippen molar-refractivity contribution in [2.45, 2.75) is 31.7 Å². The van der Waals surface area contributed by atoms with Gasteiger partial charge in [0, 0.05) is 20.2 Å². The van der Waals surface area contributed by atoms with E-state index >= 15 is 0 Å². The third kappa shape index (κ3) is 5.59. The first-order valence-electron chi connectivity index (χ1n) is 6.94. The number of unbranched alkanes of at least 4 members (excludes halogenated alkanes) is 2. The van der Waals surface area contributed by atoms with Crippen LogP contribution >= 0.6 is 0 Å². The number of carbonyl (C=O) groups excluding carboxylic acids is 1. The summed E-state index contributed by atoms with van der Waals surface area (Å²) >= 11 is 0. The number of carbonyl (C=O) groups is 1. The molecule has 0 aliphatic carbocycles. The average Bonchev–Trinajstić information content (AvgIpc) is 2.45. The van der Waals surface area contributed by atoms with E-state index in [0.717, 1.165) is 24.8 Å².